The third-order valence-electron chi connectivity index (χ3n) is 5.50. The van der Waals surface area contributed by atoms with Crippen LogP contribution in [-0.4, -0.2) is 41.7 Å². The molecule has 0 spiro atoms. The van der Waals surface area contributed by atoms with Crippen LogP contribution in [0, 0.1) is 11.6 Å². The maximum Gasteiger partial charge on any atom is 0.274 e. The SMILES string of the molecule is CN(Cc1ccc(N(C)C)cc1)C(=O)c1nn(-c2ccc(F)c(F)c2)c2c1CCC2. The van der Waals surface area contributed by atoms with Gasteiger partial charge in [0.2, 0.25) is 0 Å². The van der Waals surface area contributed by atoms with Gasteiger partial charge in [-0.15, -0.1) is 0 Å². The molecule has 1 aliphatic carbocycles. The summed E-state index contributed by atoms with van der Waals surface area (Å²) in [6.45, 7) is 0.458. The first kappa shape index (κ1) is 20.1. The number of nitrogens with zero attached hydrogens (tertiary/aromatic N) is 4. The van der Waals surface area contributed by atoms with Crippen molar-refractivity contribution >= 4 is 11.6 Å². The lowest BCUT2D eigenvalue weighted by Gasteiger charge is -2.18. The predicted octanol–water partition coefficient (Wildman–Crippen LogP) is 3.98. The van der Waals surface area contributed by atoms with Gasteiger partial charge >= 0.3 is 0 Å². The highest BCUT2D eigenvalue weighted by Crippen LogP contribution is 2.29. The first-order valence-electron chi connectivity index (χ1n) is 9.93. The summed E-state index contributed by atoms with van der Waals surface area (Å²) >= 11 is 0. The van der Waals surface area contributed by atoms with Crippen LogP contribution < -0.4 is 4.90 Å². The van der Waals surface area contributed by atoms with Gasteiger partial charge in [0.1, 0.15) is 0 Å². The molecule has 7 heteroatoms. The quantitative estimate of drug-likeness (QED) is 0.639. The van der Waals surface area contributed by atoms with Gasteiger partial charge < -0.3 is 9.80 Å². The molecule has 2 aromatic carbocycles. The lowest BCUT2D eigenvalue weighted by Crippen LogP contribution is -2.27. The summed E-state index contributed by atoms with van der Waals surface area (Å²) in [5.41, 5.74) is 4.73. The van der Waals surface area contributed by atoms with Crippen molar-refractivity contribution < 1.29 is 13.6 Å². The molecule has 0 fully saturated rings. The Balaban J connectivity index is 1.60. The molecule has 1 aromatic heterocycles. The summed E-state index contributed by atoms with van der Waals surface area (Å²) in [5, 5.41) is 4.50. The van der Waals surface area contributed by atoms with E-state index in [-0.39, 0.29) is 5.91 Å². The van der Waals surface area contributed by atoms with Crippen LogP contribution in [0.15, 0.2) is 42.5 Å². The van der Waals surface area contributed by atoms with Crippen LogP contribution in [0.4, 0.5) is 14.5 Å². The Hall–Kier alpha value is -3.22. The van der Waals surface area contributed by atoms with Crippen LogP contribution in [0.25, 0.3) is 5.69 Å². The number of halogens is 2. The van der Waals surface area contributed by atoms with E-state index in [4.69, 9.17) is 0 Å². The molecule has 4 rings (SSSR count). The normalized spacial score (nSPS) is 12.7. The Morgan fingerprint density at radius 3 is 2.43 bits per heavy atom. The Morgan fingerprint density at radius 2 is 1.77 bits per heavy atom. The molecule has 3 aromatic rings. The van der Waals surface area contributed by atoms with E-state index < -0.39 is 11.6 Å². The van der Waals surface area contributed by atoms with Crippen molar-refractivity contribution in [2.45, 2.75) is 25.8 Å². The van der Waals surface area contributed by atoms with Gasteiger partial charge in [0.05, 0.1) is 5.69 Å². The van der Waals surface area contributed by atoms with Crippen molar-refractivity contribution in [1.82, 2.24) is 14.7 Å². The molecule has 1 amide bonds. The second-order valence-corrected chi connectivity index (χ2v) is 7.86. The highest BCUT2D eigenvalue weighted by atomic mass is 19.2. The molecule has 0 atom stereocenters. The van der Waals surface area contributed by atoms with Crippen LogP contribution in [0.1, 0.15) is 33.7 Å². The largest absolute Gasteiger partial charge is 0.378 e. The van der Waals surface area contributed by atoms with Gasteiger partial charge in [-0.05, 0) is 49.1 Å². The molecule has 0 bridgehead atoms. The zero-order valence-electron chi connectivity index (χ0n) is 17.3. The molecule has 1 heterocycles. The van der Waals surface area contributed by atoms with Gasteiger partial charge in [-0.1, -0.05) is 12.1 Å². The van der Waals surface area contributed by atoms with Crippen molar-refractivity contribution in [1.29, 1.82) is 0 Å². The fraction of sp³-hybridized carbons (Fsp3) is 0.304. The van der Waals surface area contributed by atoms with E-state index in [9.17, 15) is 13.6 Å². The molecule has 5 nitrogen and oxygen atoms in total. The molecule has 1 aliphatic rings. The number of carbonyl (C=O) groups is 1. The fourth-order valence-corrected chi connectivity index (χ4v) is 3.87. The molecule has 0 radical (unpaired) electrons. The second-order valence-electron chi connectivity index (χ2n) is 7.86. The Labute approximate surface area is 174 Å². The lowest BCUT2D eigenvalue weighted by molar-refractivity contribution is 0.0777. The number of rotatable bonds is 5. The summed E-state index contributed by atoms with van der Waals surface area (Å²) in [4.78, 5) is 16.8. The van der Waals surface area contributed by atoms with E-state index in [2.05, 4.69) is 5.10 Å². The molecular formula is C23H24F2N4O. The van der Waals surface area contributed by atoms with E-state index in [1.807, 2.05) is 43.3 Å². The van der Waals surface area contributed by atoms with Gasteiger partial charge in [0.15, 0.2) is 17.3 Å². The highest BCUT2D eigenvalue weighted by Gasteiger charge is 2.28. The molecule has 0 saturated heterocycles. The first-order valence-corrected chi connectivity index (χ1v) is 9.93. The Bertz CT molecular complexity index is 1090. The van der Waals surface area contributed by atoms with Crippen LogP contribution in [0.3, 0.4) is 0 Å². The number of benzene rings is 2. The van der Waals surface area contributed by atoms with Gasteiger partial charge in [-0.25, -0.2) is 13.5 Å². The van der Waals surface area contributed by atoms with E-state index in [0.717, 1.165) is 53.9 Å². The van der Waals surface area contributed by atoms with Crippen molar-refractivity contribution in [3.63, 3.8) is 0 Å². The van der Waals surface area contributed by atoms with Crippen LogP contribution in [-0.2, 0) is 19.4 Å². The number of anilines is 1. The first-order chi connectivity index (χ1) is 14.3. The maximum atomic E-state index is 13.7. The summed E-state index contributed by atoms with van der Waals surface area (Å²) < 4.78 is 28.7. The third-order valence-corrected chi connectivity index (χ3v) is 5.50. The van der Waals surface area contributed by atoms with Crippen LogP contribution >= 0.6 is 0 Å². The minimum absolute atomic E-state index is 0.175. The fourth-order valence-electron chi connectivity index (χ4n) is 3.87. The van der Waals surface area contributed by atoms with Crippen LogP contribution in [0.5, 0.6) is 0 Å². The third kappa shape index (κ3) is 3.67. The zero-order valence-corrected chi connectivity index (χ0v) is 17.3. The summed E-state index contributed by atoms with van der Waals surface area (Å²) in [6.07, 6.45) is 2.42. The second kappa shape index (κ2) is 7.89. The molecular weight excluding hydrogens is 386 g/mol. The average Bonchev–Trinajstić information content (AvgIpc) is 3.33. The molecule has 0 saturated carbocycles. The number of hydrogen-bond acceptors (Lipinski definition) is 3. The van der Waals surface area contributed by atoms with Crippen molar-refractivity contribution in [2.75, 3.05) is 26.0 Å². The monoisotopic (exact) mass is 410 g/mol. The minimum atomic E-state index is -0.930. The average molecular weight is 410 g/mol. The number of amides is 1. The minimum Gasteiger partial charge on any atom is -0.378 e. The molecule has 156 valence electrons. The lowest BCUT2D eigenvalue weighted by atomic mass is 10.1. The van der Waals surface area contributed by atoms with E-state index in [1.165, 1.54) is 6.07 Å². The molecule has 0 aliphatic heterocycles. The predicted molar refractivity (Wildman–Crippen MR) is 112 cm³/mol. The highest BCUT2D eigenvalue weighted by molar-refractivity contribution is 5.94. The van der Waals surface area contributed by atoms with Gasteiger partial charge in [-0.3, -0.25) is 4.79 Å². The Kier molecular flexibility index (Phi) is 5.28. The van der Waals surface area contributed by atoms with E-state index >= 15 is 0 Å². The zero-order chi connectivity index (χ0) is 21.4. The van der Waals surface area contributed by atoms with Gasteiger partial charge in [0, 0.05) is 50.7 Å². The molecule has 0 N–H and O–H groups in total. The van der Waals surface area contributed by atoms with Gasteiger partial charge in [0.25, 0.3) is 5.91 Å². The number of carbonyl (C=O) groups excluding carboxylic acids is 1. The Morgan fingerprint density at radius 1 is 1.03 bits per heavy atom. The number of fused-ring (bicyclic) bond motifs is 1. The maximum absolute atomic E-state index is 13.7. The van der Waals surface area contributed by atoms with Crippen molar-refractivity contribution in [2.24, 2.45) is 0 Å². The topological polar surface area (TPSA) is 41.4 Å². The summed E-state index contributed by atoms with van der Waals surface area (Å²) in [7, 11) is 5.71. The van der Waals surface area contributed by atoms with Crippen molar-refractivity contribution in [3.05, 3.63) is 76.6 Å². The van der Waals surface area contributed by atoms with E-state index in [0.29, 0.717) is 17.9 Å². The summed E-state index contributed by atoms with van der Waals surface area (Å²) in [5.74, 6) is -2.01. The van der Waals surface area contributed by atoms with Gasteiger partial charge in [-0.2, -0.15) is 5.10 Å². The number of hydrogen-bond donors (Lipinski definition) is 0. The summed E-state index contributed by atoms with van der Waals surface area (Å²) in [6, 6.07) is 11.7. The smallest absolute Gasteiger partial charge is 0.274 e. The van der Waals surface area contributed by atoms with E-state index in [1.54, 1.807) is 16.6 Å². The molecule has 30 heavy (non-hydrogen) atoms. The van der Waals surface area contributed by atoms with Crippen molar-refractivity contribution in [3.8, 4) is 5.69 Å². The van der Waals surface area contributed by atoms with Crippen LogP contribution in [0.2, 0.25) is 0 Å². The standard InChI is InChI=1S/C23H24F2N4O/c1-27(2)16-9-7-15(8-10-16)14-28(3)23(30)22-18-5-4-6-21(18)29(26-22)17-11-12-19(24)20(25)13-17/h7-13H,4-6,14H2,1-3H3. The number of aromatic nitrogens is 2. The molecule has 0 unspecified atom stereocenters.